The van der Waals surface area contributed by atoms with E-state index in [1.54, 1.807) is 0 Å². The highest BCUT2D eigenvalue weighted by Gasteiger charge is 2.34. The van der Waals surface area contributed by atoms with Gasteiger partial charge in [-0.25, -0.2) is 0 Å². The third-order valence-electron chi connectivity index (χ3n) is 4.14. The van der Waals surface area contributed by atoms with Gasteiger partial charge in [0.1, 0.15) is 0 Å². The summed E-state index contributed by atoms with van der Waals surface area (Å²) in [7, 11) is 4.26. The van der Waals surface area contributed by atoms with Gasteiger partial charge in [0.05, 0.1) is 13.2 Å². The number of nitrogens with zero attached hydrogens (tertiary/aromatic N) is 2. The Morgan fingerprint density at radius 2 is 1.94 bits per heavy atom. The van der Waals surface area contributed by atoms with E-state index in [9.17, 15) is 0 Å². The Hall–Kier alpha value is -0.160. The molecule has 17 heavy (non-hydrogen) atoms. The van der Waals surface area contributed by atoms with E-state index >= 15 is 0 Å². The zero-order valence-electron chi connectivity index (χ0n) is 11.1. The maximum Gasteiger partial charge on any atom is 0.0626 e. The fourth-order valence-electron chi connectivity index (χ4n) is 3.10. The lowest BCUT2D eigenvalue weighted by atomic mass is 9.94. The molecule has 0 spiro atoms. The third-order valence-corrected chi connectivity index (χ3v) is 4.14. The molecule has 2 saturated heterocycles. The predicted molar refractivity (Wildman–Crippen MR) is 68.0 cm³/mol. The molecule has 0 amide bonds. The van der Waals surface area contributed by atoms with E-state index in [1.807, 2.05) is 0 Å². The average Bonchev–Trinajstić information content (AvgIpc) is 2.76. The predicted octanol–water partition coefficient (Wildman–Crippen LogP) is 0.267. The van der Waals surface area contributed by atoms with E-state index < -0.39 is 0 Å². The number of likely N-dealkylation sites (tertiary alicyclic amines) is 1. The van der Waals surface area contributed by atoms with Gasteiger partial charge in [0.15, 0.2) is 0 Å². The van der Waals surface area contributed by atoms with Crippen molar-refractivity contribution in [3.63, 3.8) is 0 Å². The first-order chi connectivity index (χ1) is 8.20. The average molecular weight is 242 g/mol. The highest BCUT2D eigenvalue weighted by atomic mass is 16.5. The van der Waals surface area contributed by atoms with Gasteiger partial charge in [-0.05, 0) is 45.9 Å². The second-order valence-corrected chi connectivity index (χ2v) is 5.79. The molecule has 2 rings (SSSR count). The molecule has 0 aromatic heterocycles. The highest BCUT2D eigenvalue weighted by Crippen LogP contribution is 2.25. The minimum atomic E-state index is 0.357. The molecule has 4 heteroatoms. The van der Waals surface area contributed by atoms with Gasteiger partial charge in [0.2, 0.25) is 0 Å². The molecule has 2 heterocycles. The summed E-state index contributed by atoms with van der Waals surface area (Å²) in [5, 5.41) is 9.16. The van der Waals surface area contributed by atoms with Crippen LogP contribution >= 0.6 is 0 Å². The maximum absolute atomic E-state index is 9.16. The summed E-state index contributed by atoms with van der Waals surface area (Å²) in [6.07, 6.45) is 2.28. The van der Waals surface area contributed by atoms with Crippen LogP contribution < -0.4 is 0 Å². The molecule has 0 aromatic rings. The molecule has 1 N–H and O–H groups in total. The molecule has 2 aliphatic heterocycles. The zero-order chi connectivity index (χ0) is 12.3. The van der Waals surface area contributed by atoms with E-state index in [1.165, 1.54) is 0 Å². The number of hydrogen-bond donors (Lipinski definition) is 1. The van der Waals surface area contributed by atoms with Crippen molar-refractivity contribution >= 4 is 0 Å². The molecule has 0 bridgehead atoms. The van der Waals surface area contributed by atoms with Crippen LogP contribution in [0.4, 0.5) is 0 Å². The number of piperidine rings is 1. The molecule has 2 aliphatic rings. The van der Waals surface area contributed by atoms with Crippen LogP contribution in [0.1, 0.15) is 12.8 Å². The van der Waals surface area contributed by atoms with Crippen molar-refractivity contribution in [3.8, 4) is 0 Å². The van der Waals surface area contributed by atoms with Gasteiger partial charge >= 0.3 is 0 Å². The van der Waals surface area contributed by atoms with Crippen LogP contribution in [0.15, 0.2) is 0 Å². The van der Waals surface area contributed by atoms with Gasteiger partial charge in [-0.3, -0.25) is 4.90 Å². The first-order valence-electron chi connectivity index (χ1n) is 6.78. The lowest BCUT2D eigenvalue weighted by Gasteiger charge is -2.37. The van der Waals surface area contributed by atoms with Crippen molar-refractivity contribution in [1.29, 1.82) is 0 Å². The van der Waals surface area contributed by atoms with E-state index in [2.05, 4.69) is 23.9 Å². The van der Waals surface area contributed by atoms with Crippen molar-refractivity contribution in [2.45, 2.75) is 18.9 Å². The molecule has 2 fully saturated rings. The summed E-state index contributed by atoms with van der Waals surface area (Å²) in [5.41, 5.74) is 0. The van der Waals surface area contributed by atoms with Gasteiger partial charge in [-0.15, -0.1) is 0 Å². The van der Waals surface area contributed by atoms with E-state index in [-0.39, 0.29) is 0 Å². The first-order valence-corrected chi connectivity index (χ1v) is 6.78. The molecular weight excluding hydrogens is 216 g/mol. The van der Waals surface area contributed by atoms with Gasteiger partial charge in [0.25, 0.3) is 0 Å². The lowest BCUT2D eigenvalue weighted by Crippen LogP contribution is -2.47. The minimum Gasteiger partial charge on any atom is -0.396 e. The fraction of sp³-hybridized carbons (Fsp3) is 1.00. The number of ether oxygens (including phenoxy) is 1. The molecule has 2 unspecified atom stereocenters. The smallest absolute Gasteiger partial charge is 0.0626 e. The summed E-state index contributed by atoms with van der Waals surface area (Å²) < 4.78 is 5.66. The minimum absolute atomic E-state index is 0.357. The van der Waals surface area contributed by atoms with Crippen molar-refractivity contribution in [2.75, 3.05) is 53.6 Å². The quantitative estimate of drug-likeness (QED) is 0.767. The number of aliphatic hydroxyl groups is 1. The Morgan fingerprint density at radius 3 is 2.53 bits per heavy atom. The second-order valence-electron chi connectivity index (χ2n) is 5.79. The van der Waals surface area contributed by atoms with Crippen LogP contribution in [0, 0.1) is 11.8 Å². The van der Waals surface area contributed by atoms with Crippen molar-refractivity contribution in [3.05, 3.63) is 0 Å². The van der Waals surface area contributed by atoms with Crippen LogP contribution in [0.25, 0.3) is 0 Å². The summed E-state index contributed by atoms with van der Waals surface area (Å²) in [6, 6.07) is 0.594. The molecule has 0 saturated carbocycles. The molecular formula is C13H26N2O2. The van der Waals surface area contributed by atoms with E-state index in [0.717, 1.165) is 45.7 Å². The summed E-state index contributed by atoms with van der Waals surface area (Å²) in [6.45, 7) is 5.53. The van der Waals surface area contributed by atoms with Crippen LogP contribution in [0.2, 0.25) is 0 Å². The van der Waals surface area contributed by atoms with Gasteiger partial charge in [-0.2, -0.15) is 0 Å². The molecule has 2 atom stereocenters. The van der Waals surface area contributed by atoms with Gasteiger partial charge in [0, 0.05) is 25.1 Å². The summed E-state index contributed by atoms with van der Waals surface area (Å²) in [5.74, 6) is 1.18. The first kappa shape index (κ1) is 13.3. The molecule has 0 aliphatic carbocycles. The number of rotatable bonds is 4. The number of aliphatic hydroxyl groups excluding tert-OH is 1. The highest BCUT2D eigenvalue weighted by molar-refractivity contribution is 4.87. The summed E-state index contributed by atoms with van der Waals surface area (Å²) in [4.78, 5) is 4.83. The maximum atomic E-state index is 9.16. The largest absolute Gasteiger partial charge is 0.396 e. The standard InChI is InChI=1S/C13H26N2O2/c1-14(2)7-12-9-17-10-13(12)15-5-3-11(8-16)4-6-15/h11-13,16H,3-10H2,1-2H3. The van der Waals surface area contributed by atoms with Crippen molar-refractivity contribution in [1.82, 2.24) is 9.80 Å². The van der Waals surface area contributed by atoms with E-state index in [0.29, 0.717) is 24.5 Å². The number of hydrogen-bond acceptors (Lipinski definition) is 4. The second kappa shape index (κ2) is 6.14. The molecule has 4 nitrogen and oxygen atoms in total. The SMILES string of the molecule is CN(C)CC1COCC1N1CCC(CO)CC1. The molecule has 0 aromatic carbocycles. The van der Waals surface area contributed by atoms with E-state index in [4.69, 9.17) is 9.84 Å². The fourth-order valence-corrected chi connectivity index (χ4v) is 3.10. The van der Waals surface area contributed by atoms with Crippen molar-refractivity contribution in [2.24, 2.45) is 11.8 Å². The summed E-state index contributed by atoms with van der Waals surface area (Å²) >= 11 is 0. The Kier molecular flexibility index (Phi) is 4.79. The van der Waals surface area contributed by atoms with Gasteiger partial charge in [-0.1, -0.05) is 0 Å². The topological polar surface area (TPSA) is 35.9 Å². The van der Waals surface area contributed by atoms with Crippen LogP contribution in [-0.2, 0) is 4.74 Å². The zero-order valence-corrected chi connectivity index (χ0v) is 11.1. The van der Waals surface area contributed by atoms with Crippen LogP contribution in [0.3, 0.4) is 0 Å². The third kappa shape index (κ3) is 3.41. The Bertz CT molecular complexity index is 227. The van der Waals surface area contributed by atoms with Gasteiger partial charge < -0.3 is 14.7 Å². The molecule has 0 radical (unpaired) electrons. The Labute approximate surface area is 105 Å². The Balaban J connectivity index is 1.84. The normalized spacial score (nSPS) is 32.5. The van der Waals surface area contributed by atoms with Crippen LogP contribution in [0.5, 0.6) is 0 Å². The monoisotopic (exact) mass is 242 g/mol. The van der Waals surface area contributed by atoms with Crippen LogP contribution in [-0.4, -0.2) is 74.5 Å². The molecule has 100 valence electrons. The lowest BCUT2D eigenvalue weighted by molar-refractivity contribution is 0.0779. The van der Waals surface area contributed by atoms with Crippen molar-refractivity contribution < 1.29 is 9.84 Å². The Morgan fingerprint density at radius 1 is 1.24 bits per heavy atom.